The molecule has 1 saturated carbocycles. The standard InChI is InChI=1S/C27H26N2O5/c1-32-20-11-8-18(9-12-20)24-25-22(14-17-7-10-21(13-17)33-15-23(30)31)28-16-29-27(25)34-26(24)19-5-3-2-4-6-19/h2-6,8-9,11-12,16-17,21H,7,10,13-15H2,1H3,(H,30,31)/t17-,21-/m0/s1. The fourth-order valence-corrected chi connectivity index (χ4v) is 4.80. The molecule has 7 heteroatoms. The first-order valence-electron chi connectivity index (χ1n) is 11.4. The third kappa shape index (κ3) is 4.52. The summed E-state index contributed by atoms with van der Waals surface area (Å²) in [5, 5.41) is 9.82. The lowest BCUT2D eigenvalue weighted by Gasteiger charge is -2.12. The van der Waals surface area contributed by atoms with E-state index >= 15 is 0 Å². The van der Waals surface area contributed by atoms with Gasteiger partial charge in [-0.15, -0.1) is 0 Å². The lowest BCUT2D eigenvalue weighted by molar-refractivity contribution is -0.144. The van der Waals surface area contributed by atoms with Gasteiger partial charge in [-0.2, -0.15) is 0 Å². The largest absolute Gasteiger partial charge is 0.497 e. The molecule has 1 N–H and O–H groups in total. The maximum atomic E-state index is 10.8. The summed E-state index contributed by atoms with van der Waals surface area (Å²) in [7, 11) is 1.65. The molecule has 0 amide bonds. The number of nitrogens with zero attached hydrogens (tertiary/aromatic N) is 2. The fourth-order valence-electron chi connectivity index (χ4n) is 4.80. The zero-order chi connectivity index (χ0) is 23.5. The maximum absolute atomic E-state index is 10.8. The molecule has 2 aromatic carbocycles. The molecule has 0 spiro atoms. The second-order valence-corrected chi connectivity index (χ2v) is 8.61. The quantitative estimate of drug-likeness (QED) is 0.379. The molecule has 5 rings (SSSR count). The van der Waals surface area contributed by atoms with Gasteiger partial charge in [-0.25, -0.2) is 14.8 Å². The normalized spacial score (nSPS) is 17.8. The van der Waals surface area contributed by atoms with Crippen LogP contribution in [0.1, 0.15) is 25.0 Å². The average molecular weight is 459 g/mol. The van der Waals surface area contributed by atoms with E-state index in [2.05, 4.69) is 9.97 Å². The van der Waals surface area contributed by atoms with Crippen LogP contribution < -0.4 is 4.74 Å². The Balaban J connectivity index is 1.55. The van der Waals surface area contributed by atoms with E-state index in [9.17, 15) is 4.79 Å². The highest BCUT2D eigenvalue weighted by Gasteiger charge is 2.29. The zero-order valence-electron chi connectivity index (χ0n) is 18.9. The molecule has 7 nitrogen and oxygen atoms in total. The summed E-state index contributed by atoms with van der Waals surface area (Å²) in [4.78, 5) is 20.0. The molecule has 0 saturated heterocycles. The molecule has 2 heterocycles. The summed E-state index contributed by atoms with van der Waals surface area (Å²) in [5.41, 5.74) is 4.44. The van der Waals surface area contributed by atoms with Gasteiger partial charge >= 0.3 is 5.97 Å². The third-order valence-electron chi connectivity index (χ3n) is 6.40. The molecular weight excluding hydrogens is 432 g/mol. The molecule has 2 aromatic heterocycles. The fraction of sp³-hybridized carbons (Fsp3) is 0.296. The van der Waals surface area contributed by atoms with E-state index in [1.807, 2.05) is 54.6 Å². The number of ether oxygens (including phenoxy) is 2. The Bertz CT molecular complexity index is 1280. The number of methoxy groups -OCH3 is 1. The Labute approximate surface area is 197 Å². The van der Waals surface area contributed by atoms with Gasteiger partial charge in [-0.05, 0) is 49.3 Å². The SMILES string of the molecule is COc1ccc(-c2c(-c3ccccc3)oc3ncnc(C[C@H]4CC[C@H](OCC(=O)O)C4)c23)cc1. The number of aromatic nitrogens is 2. The van der Waals surface area contributed by atoms with Crippen LogP contribution in [0.25, 0.3) is 33.6 Å². The molecule has 0 unspecified atom stereocenters. The molecule has 0 radical (unpaired) electrons. The van der Waals surface area contributed by atoms with Crippen molar-refractivity contribution in [3.8, 4) is 28.2 Å². The molecule has 174 valence electrons. The number of carbonyl (C=O) groups is 1. The summed E-state index contributed by atoms with van der Waals surface area (Å²) in [6.45, 7) is -0.251. The van der Waals surface area contributed by atoms with Crippen molar-refractivity contribution in [1.29, 1.82) is 0 Å². The van der Waals surface area contributed by atoms with Crippen LogP contribution in [0.5, 0.6) is 5.75 Å². The smallest absolute Gasteiger partial charge is 0.329 e. The van der Waals surface area contributed by atoms with Gasteiger partial charge in [0.25, 0.3) is 0 Å². The van der Waals surface area contributed by atoms with Crippen LogP contribution in [-0.2, 0) is 16.0 Å². The van der Waals surface area contributed by atoms with E-state index in [-0.39, 0.29) is 12.7 Å². The molecule has 0 bridgehead atoms. The topological polar surface area (TPSA) is 94.7 Å². The molecule has 2 atom stereocenters. The number of aliphatic carboxylic acids is 1. The van der Waals surface area contributed by atoms with Gasteiger partial charge in [0.15, 0.2) is 0 Å². The van der Waals surface area contributed by atoms with Crippen LogP contribution in [0.2, 0.25) is 0 Å². The molecule has 1 fully saturated rings. The second kappa shape index (κ2) is 9.65. The summed E-state index contributed by atoms with van der Waals surface area (Å²) >= 11 is 0. The van der Waals surface area contributed by atoms with E-state index in [0.717, 1.165) is 65.0 Å². The minimum atomic E-state index is -0.933. The summed E-state index contributed by atoms with van der Waals surface area (Å²) in [6.07, 6.45) is 4.93. The monoisotopic (exact) mass is 458 g/mol. The Kier molecular flexibility index (Phi) is 6.27. The summed E-state index contributed by atoms with van der Waals surface area (Å²) < 4.78 is 17.2. The first-order valence-corrected chi connectivity index (χ1v) is 11.4. The van der Waals surface area contributed by atoms with Crippen LogP contribution in [-0.4, -0.2) is 40.9 Å². The van der Waals surface area contributed by atoms with E-state index < -0.39 is 5.97 Å². The van der Waals surface area contributed by atoms with E-state index in [0.29, 0.717) is 11.6 Å². The Morgan fingerprint density at radius 3 is 2.59 bits per heavy atom. The molecule has 1 aliphatic carbocycles. The minimum Gasteiger partial charge on any atom is -0.497 e. The lowest BCUT2D eigenvalue weighted by Crippen LogP contribution is -2.15. The molecule has 1 aliphatic rings. The van der Waals surface area contributed by atoms with E-state index in [1.165, 1.54) is 0 Å². The van der Waals surface area contributed by atoms with Crippen LogP contribution in [0.4, 0.5) is 0 Å². The summed E-state index contributed by atoms with van der Waals surface area (Å²) in [5.74, 6) is 0.969. The Morgan fingerprint density at radius 2 is 1.85 bits per heavy atom. The first-order chi connectivity index (χ1) is 16.6. The second-order valence-electron chi connectivity index (χ2n) is 8.61. The molecular formula is C27H26N2O5. The van der Waals surface area contributed by atoms with Gasteiger partial charge in [-0.1, -0.05) is 42.5 Å². The number of rotatable bonds is 8. The van der Waals surface area contributed by atoms with Gasteiger partial charge in [0.2, 0.25) is 5.71 Å². The van der Waals surface area contributed by atoms with Crippen molar-refractivity contribution >= 4 is 17.1 Å². The number of fused-ring (bicyclic) bond motifs is 1. The number of hydrogen-bond acceptors (Lipinski definition) is 6. The number of benzene rings is 2. The number of hydrogen-bond donors (Lipinski definition) is 1. The maximum Gasteiger partial charge on any atom is 0.329 e. The van der Waals surface area contributed by atoms with Crippen molar-refractivity contribution in [2.24, 2.45) is 5.92 Å². The predicted octanol–water partition coefficient (Wildman–Crippen LogP) is 5.38. The third-order valence-corrected chi connectivity index (χ3v) is 6.40. The average Bonchev–Trinajstić information content (AvgIpc) is 3.48. The van der Waals surface area contributed by atoms with Gasteiger partial charge in [0.05, 0.1) is 24.3 Å². The van der Waals surface area contributed by atoms with E-state index in [1.54, 1.807) is 13.4 Å². The Morgan fingerprint density at radius 1 is 1.06 bits per heavy atom. The van der Waals surface area contributed by atoms with Crippen molar-refractivity contribution < 1.29 is 23.8 Å². The van der Waals surface area contributed by atoms with Crippen molar-refractivity contribution in [2.45, 2.75) is 31.8 Å². The highest BCUT2D eigenvalue weighted by molar-refractivity contribution is 6.01. The van der Waals surface area contributed by atoms with Crippen molar-refractivity contribution in [3.05, 3.63) is 66.6 Å². The van der Waals surface area contributed by atoms with Gasteiger partial charge in [0, 0.05) is 11.1 Å². The van der Waals surface area contributed by atoms with Crippen molar-refractivity contribution in [2.75, 3.05) is 13.7 Å². The lowest BCUT2D eigenvalue weighted by atomic mass is 9.94. The number of carboxylic acids is 1. The van der Waals surface area contributed by atoms with Crippen LogP contribution in [0.15, 0.2) is 65.3 Å². The van der Waals surface area contributed by atoms with Gasteiger partial charge < -0.3 is 19.0 Å². The molecule has 4 aromatic rings. The van der Waals surface area contributed by atoms with Crippen molar-refractivity contribution in [3.63, 3.8) is 0 Å². The predicted molar refractivity (Wildman–Crippen MR) is 128 cm³/mol. The van der Waals surface area contributed by atoms with E-state index in [4.69, 9.17) is 19.0 Å². The number of furan rings is 1. The zero-order valence-corrected chi connectivity index (χ0v) is 18.9. The summed E-state index contributed by atoms with van der Waals surface area (Å²) in [6, 6.07) is 17.9. The number of carboxylic acid groups (broad SMARTS) is 1. The highest BCUT2D eigenvalue weighted by atomic mass is 16.5. The molecule has 34 heavy (non-hydrogen) atoms. The van der Waals surface area contributed by atoms with Gasteiger partial charge in [0.1, 0.15) is 24.4 Å². The first kappa shape index (κ1) is 22.1. The van der Waals surface area contributed by atoms with Crippen LogP contribution >= 0.6 is 0 Å². The highest BCUT2D eigenvalue weighted by Crippen LogP contribution is 2.42. The van der Waals surface area contributed by atoms with Crippen molar-refractivity contribution in [1.82, 2.24) is 9.97 Å². The van der Waals surface area contributed by atoms with Gasteiger partial charge in [-0.3, -0.25) is 0 Å². The molecule has 0 aliphatic heterocycles. The van der Waals surface area contributed by atoms with Crippen LogP contribution in [0.3, 0.4) is 0 Å². The van der Waals surface area contributed by atoms with Crippen LogP contribution in [0, 0.1) is 5.92 Å². The Hall–Kier alpha value is -3.71. The minimum absolute atomic E-state index is 0.0243.